The highest BCUT2D eigenvalue weighted by molar-refractivity contribution is 7.99. The molecule has 0 aliphatic heterocycles. The molecule has 0 bridgehead atoms. The Hall–Kier alpha value is -1.06. The van der Waals surface area contributed by atoms with E-state index < -0.39 is 18.7 Å². The van der Waals surface area contributed by atoms with E-state index in [1.54, 1.807) is 0 Å². The van der Waals surface area contributed by atoms with Gasteiger partial charge in [0.2, 0.25) is 5.16 Å². The summed E-state index contributed by atoms with van der Waals surface area (Å²) in [4.78, 5) is 5.03. The topological polar surface area (TPSA) is 61.8 Å². The molecule has 2 aromatic rings. The molecule has 2 aromatic heterocycles. The Morgan fingerprint density at radius 1 is 1.47 bits per heavy atom. The van der Waals surface area contributed by atoms with E-state index in [0.717, 1.165) is 16.6 Å². The number of aromatic nitrogens is 3. The summed E-state index contributed by atoms with van der Waals surface area (Å²) in [6.07, 6.45) is -7.03. The van der Waals surface area contributed by atoms with Crippen molar-refractivity contribution in [1.29, 1.82) is 0 Å². The summed E-state index contributed by atoms with van der Waals surface area (Å²) < 4.78 is 36.0. The SMILES string of the molecule is O[C@@H](CSc1n[nH]c(-c2cccs2)n1)CC(F)(F)F. The Bertz CT molecular complexity index is 512. The molecule has 2 heterocycles. The van der Waals surface area contributed by atoms with Crippen molar-refractivity contribution in [3.63, 3.8) is 0 Å². The molecule has 0 spiro atoms. The second-order valence-corrected chi connectivity index (χ2v) is 5.66. The fourth-order valence-corrected chi connectivity index (χ4v) is 2.72. The molecule has 4 nitrogen and oxygen atoms in total. The molecular weight excluding hydrogens is 299 g/mol. The normalized spacial score (nSPS) is 13.7. The third-order valence-corrected chi connectivity index (χ3v) is 3.96. The standard InChI is InChI=1S/C10H10F3N3OS2/c11-10(12,13)4-6(17)5-19-9-14-8(15-16-9)7-2-1-3-18-7/h1-3,6,17H,4-5H2,(H,14,15,16)/t6-/m1/s1. The summed E-state index contributed by atoms with van der Waals surface area (Å²) >= 11 is 2.47. The van der Waals surface area contributed by atoms with Crippen molar-refractivity contribution in [1.82, 2.24) is 15.2 Å². The summed E-state index contributed by atoms with van der Waals surface area (Å²) in [5.74, 6) is 0.476. The Labute approximate surface area is 115 Å². The lowest BCUT2D eigenvalue weighted by atomic mass is 10.3. The Balaban J connectivity index is 1.87. The van der Waals surface area contributed by atoms with Crippen LogP contribution in [0.1, 0.15) is 6.42 Å². The summed E-state index contributed by atoms with van der Waals surface area (Å²) in [6.45, 7) is 0. The van der Waals surface area contributed by atoms with Crippen molar-refractivity contribution in [3.8, 4) is 10.7 Å². The van der Waals surface area contributed by atoms with E-state index in [1.165, 1.54) is 11.3 Å². The quantitative estimate of drug-likeness (QED) is 0.834. The molecule has 9 heteroatoms. The van der Waals surface area contributed by atoms with Crippen LogP contribution in [0.25, 0.3) is 10.7 Å². The van der Waals surface area contributed by atoms with Gasteiger partial charge in [0.15, 0.2) is 5.82 Å². The number of nitrogens with one attached hydrogen (secondary N) is 1. The van der Waals surface area contributed by atoms with E-state index in [2.05, 4.69) is 15.2 Å². The lowest BCUT2D eigenvalue weighted by molar-refractivity contribution is -0.150. The molecule has 0 aliphatic rings. The fraction of sp³-hybridized carbons (Fsp3) is 0.400. The van der Waals surface area contributed by atoms with Gasteiger partial charge >= 0.3 is 6.18 Å². The van der Waals surface area contributed by atoms with E-state index in [1.807, 2.05) is 17.5 Å². The van der Waals surface area contributed by atoms with Crippen molar-refractivity contribution >= 4 is 23.1 Å². The molecule has 0 amide bonds. The van der Waals surface area contributed by atoms with Crippen LogP contribution in [0.2, 0.25) is 0 Å². The third kappa shape index (κ3) is 4.51. The van der Waals surface area contributed by atoms with Crippen LogP contribution in [0.4, 0.5) is 13.2 Å². The predicted molar refractivity (Wildman–Crippen MR) is 67.1 cm³/mol. The zero-order valence-corrected chi connectivity index (χ0v) is 11.1. The highest BCUT2D eigenvalue weighted by atomic mass is 32.2. The van der Waals surface area contributed by atoms with Gasteiger partial charge < -0.3 is 5.11 Å². The van der Waals surface area contributed by atoms with Gasteiger partial charge in [-0.1, -0.05) is 17.8 Å². The number of rotatable bonds is 5. The Morgan fingerprint density at radius 2 is 2.26 bits per heavy atom. The molecule has 0 unspecified atom stereocenters. The lowest BCUT2D eigenvalue weighted by Crippen LogP contribution is -2.21. The molecule has 0 saturated carbocycles. The van der Waals surface area contributed by atoms with Crippen LogP contribution < -0.4 is 0 Å². The van der Waals surface area contributed by atoms with Crippen molar-refractivity contribution in [2.24, 2.45) is 0 Å². The second kappa shape index (κ2) is 5.93. The van der Waals surface area contributed by atoms with Crippen LogP contribution in [0, 0.1) is 0 Å². The molecule has 2 rings (SSSR count). The third-order valence-electron chi connectivity index (χ3n) is 2.09. The average molecular weight is 309 g/mol. The van der Waals surface area contributed by atoms with Gasteiger partial charge in [0, 0.05) is 5.75 Å². The highest BCUT2D eigenvalue weighted by Crippen LogP contribution is 2.26. The molecule has 2 N–H and O–H groups in total. The number of aliphatic hydroxyl groups is 1. The molecule has 0 aromatic carbocycles. The largest absolute Gasteiger partial charge is 0.392 e. The lowest BCUT2D eigenvalue weighted by Gasteiger charge is -2.11. The molecular formula is C10H10F3N3OS2. The maximum absolute atomic E-state index is 12.0. The second-order valence-electron chi connectivity index (χ2n) is 3.73. The van der Waals surface area contributed by atoms with Crippen LogP contribution in [0.3, 0.4) is 0 Å². The molecule has 0 saturated heterocycles. The number of alkyl halides is 3. The van der Waals surface area contributed by atoms with E-state index in [4.69, 9.17) is 0 Å². The molecule has 1 atom stereocenters. The molecule has 19 heavy (non-hydrogen) atoms. The molecule has 0 radical (unpaired) electrons. The zero-order chi connectivity index (χ0) is 13.9. The first-order valence-electron chi connectivity index (χ1n) is 5.28. The number of thiophene rings is 1. The monoisotopic (exact) mass is 309 g/mol. The zero-order valence-electron chi connectivity index (χ0n) is 9.52. The molecule has 0 aliphatic carbocycles. The minimum absolute atomic E-state index is 0.0960. The van der Waals surface area contributed by atoms with Gasteiger partial charge in [-0.05, 0) is 11.4 Å². The maximum Gasteiger partial charge on any atom is 0.391 e. The van der Waals surface area contributed by atoms with Crippen molar-refractivity contribution in [3.05, 3.63) is 17.5 Å². The smallest absolute Gasteiger partial charge is 0.391 e. The van der Waals surface area contributed by atoms with Gasteiger partial charge in [-0.2, -0.15) is 13.2 Å². The minimum atomic E-state index is -4.36. The summed E-state index contributed by atoms with van der Waals surface area (Å²) in [5, 5.41) is 18.0. The predicted octanol–water partition coefficient (Wildman–Crippen LogP) is 2.94. The van der Waals surface area contributed by atoms with E-state index in [-0.39, 0.29) is 5.75 Å². The van der Waals surface area contributed by atoms with Gasteiger partial charge in [0.05, 0.1) is 17.4 Å². The summed E-state index contributed by atoms with van der Waals surface area (Å²) in [6, 6.07) is 3.72. The first-order valence-corrected chi connectivity index (χ1v) is 7.14. The summed E-state index contributed by atoms with van der Waals surface area (Å²) in [5.41, 5.74) is 0. The van der Waals surface area contributed by atoms with Gasteiger partial charge in [-0.15, -0.1) is 16.4 Å². The number of halogens is 3. The molecule has 104 valence electrons. The number of thioether (sulfide) groups is 1. The number of hydrogen-bond acceptors (Lipinski definition) is 5. The minimum Gasteiger partial charge on any atom is -0.392 e. The van der Waals surface area contributed by atoms with Gasteiger partial charge in [-0.3, -0.25) is 5.10 Å². The summed E-state index contributed by atoms with van der Waals surface area (Å²) in [7, 11) is 0. The number of H-pyrrole nitrogens is 1. The number of hydrogen-bond donors (Lipinski definition) is 2. The fourth-order valence-electron chi connectivity index (χ4n) is 1.33. The van der Waals surface area contributed by atoms with Crippen LogP contribution in [-0.4, -0.2) is 38.3 Å². The van der Waals surface area contributed by atoms with Crippen molar-refractivity contribution < 1.29 is 18.3 Å². The number of aliphatic hydroxyl groups excluding tert-OH is 1. The van der Waals surface area contributed by atoms with Gasteiger partial charge in [0.1, 0.15) is 0 Å². The van der Waals surface area contributed by atoms with E-state index in [9.17, 15) is 18.3 Å². The first kappa shape index (κ1) is 14.4. The van der Waals surface area contributed by atoms with Crippen molar-refractivity contribution in [2.45, 2.75) is 23.9 Å². The van der Waals surface area contributed by atoms with Crippen LogP contribution >= 0.6 is 23.1 Å². The van der Waals surface area contributed by atoms with Crippen LogP contribution in [-0.2, 0) is 0 Å². The first-order chi connectivity index (χ1) is 8.94. The van der Waals surface area contributed by atoms with Crippen LogP contribution in [0.15, 0.2) is 22.7 Å². The Kier molecular flexibility index (Phi) is 4.48. The number of aromatic amines is 1. The molecule has 0 fully saturated rings. The van der Waals surface area contributed by atoms with E-state index in [0.29, 0.717) is 11.0 Å². The highest BCUT2D eigenvalue weighted by Gasteiger charge is 2.31. The maximum atomic E-state index is 12.0. The number of nitrogens with zero attached hydrogens (tertiary/aromatic N) is 2. The van der Waals surface area contributed by atoms with E-state index >= 15 is 0 Å². The van der Waals surface area contributed by atoms with Gasteiger partial charge in [-0.25, -0.2) is 4.98 Å². The van der Waals surface area contributed by atoms with Crippen molar-refractivity contribution in [2.75, 3.05) is 5.75 Å². The van der Waals surface area contributed by atoms with Gasteiger partial charge in [0.25, 0.3) is 0 Å². The average Bonchev–Trinajstić information content (AvgIpc) is 2.95. The Morgan fingerprint density at radius 3 is 2.89 bits per heavy atom. The van der Waals surface area contributed by atoms with Crippen LogP contribution in [0.5, 0.6) is 0 Å².